The number of halogens is 2. The average Bonchev–Trinajstić information content (AvgIpc) is 2.19. The number of benzene rings is 1. The number of hydrogen-bond acceptors (Lipinski definition) is 3. The van der Waals surface area contributed by atoms with Gasteiger partial charge in [0.05, 0.1) is 12.1 Å². The molecule has 0 saturated carbocycles. The van der Waals surface area contributed by atoms with E-state index in [9.17, 15) is 0 Å². The first kappa shape index (κ1) is 12.0. The lowest BCUT2D eigenvalue weighted by Gasteiger charge is -2.13. The molecule has 1 unspecified atom stereocenters. The second-order valence-electron chi connectivity index (χ2n) is 2.80. The van der Waals surface area contributed by atoms with Crippen LogP contribution in [-0.2, 0) is 0 Å². The fourth-order valence-corrected chi connectivity index (χ4v) is 1.82. The van der Waals surface area contributed by atoms with E-state index in [0.717, 1.165) is 5.56 Å². The molecule has 14 heavy (non-hydrogen) atoms. The molecule has 1 aromatic carbocycles. The summed E-state index contributed by atoms with van der Waals surface area (Å²) < 4.78 is 5.02. The topological polar surface area (TPSA) is 35.2 Å². The summed E-state index contributed by atoms with van der Waals surface area (Å²) in [4.78, 5) is 0. The van der Waals surface area contributed by atoms with Crippen molar-refractivity contribution in [3.63, 3.8) is 0 Å². The van der Waals surface area contributed by atoms with Crippen molar-refractivity contribution in [1.82, 2.24) is 0 Å². The quantitative estimate of drug-likeness (QED) is 0.811. The van der Waals surface area contributed by atoms with Gasteiger partial charge in [-0.2, -0.15) is 12.6 Å². The first-order chi connectivity index (χ1) is 6.60. The summed E-state index contributed by atoms with van der Waals surface area (Å²) in [6.45, 7) is 0. The Balaban J connectivity index is 3.14. The summed E-state index contributed by atoms with van der Waals surface area (Å²) in [7, 11) is 1.54. The van der Waals surface area contributed by atoms with Gasteiger partial charge in [-0.3, -0.25) is 0 Å². The summed E-state index contributed by atoms with van der Waals surface area (Å²) in [6.07, 6.45) is 0. The lowest BCUT2D eigenvalue weighted by Crippen LogP contribution is -2.12. The van der Waals surface area contributed by atoms with E-state index in [0.29, 0.717) is 21.5 Å². The van der Waals surface area contributed by atoms with Crippen LogP contribution in [0.4, 0.5) is 0 Å². The van der Waals surface area contributed by atoms with Crippen LogP contribution >= 0.6 is 35.8 Å². The van der Waals surface area contributed by atoms with Crippen LogP contribution in [-0.4, -0.2) is 12.9 Å². The van der Waals surface area contributed by atoms with Gasteiger partial charge in [0.15, 0.2) is 0 Å². The molecule has 1 atom stereocenters. The Kier molecular flexibility index (Phi) is 4.38. The van der Waals surface area contributed by atoms with Crippen molar-refractivity contribution in [3.05, 3.63) is 27.7 Å². The second-order valence-corrected chi connectivity index (χ2v) is 3.98. The van der Waals surface area contributed by atoms with Crippen LogP contribution in [0.15, 0.2) is 12.1 Å². The highest BCUT2D eigenvalue weighted by atomic mass is 35.5. The fourth-order valence-electron chi connectivity index (χ4n) is 1.08. The van der Waals surface area contributed by atoms with Crippen molar-refractivity contribution < 1.29 is 4.74 Å². The minimum absolute atomic E-state index is 0.214. The maximum atomic E-state index is 6.00. The number of ether oxygens (including phenoxy) is 1. The summed E-state index contributed by atoms with van der Waals surface area (Å²) >= 11 is 16.0. The van der Waals surface area contributed by atoms with Crippen molar-refractivity contribution in [2.45, 2.75) is 6.04 Å². The molecule has 0 aliphatic carbocycles. The zero-order valence-corrected chi connectivity index (χ0v) is 10.0. The second kappa shape index (κ2) is 5.12. The molecule has 0 aromatic heterocycles. The number of nitrogens with two attached hydrogens (primary N) is 1. The van der Waals surface area contributed by atoms with E-state index >= 15 is 0 Å². The Morgan fingerprint density at radius 2 is 2.07 bits per heavy atom. The predicted molar refractivity (Wildman–Crippen MR) is 63.8 cm³/mol. The Morgan fingerprint density at radius 3 is 2.57 bits per heavy atom. The Morgan fingerprint density at radius 1 is 1.43 bits per heavy atom. The fraction of sp³-hybridized carbons (Fsp3) is 0.333. The van der Waals surface area contributed by atoms with Gasteiger partial charge in [-0.25, -0.2) is 0 Å². The summed E-state index contributed by atoms with van der Waals surface area (Å²) in [5.74, 6) is 1.06. The van der Waals surface area contributed by atoms with Gasteiger partial charge in [-0.15, -0.1) is 0 Å². The van der Waals surface area contributed by atoms with Crippen LogP contribution in [0.25, 0.3) is 0 Å². The molecule has 2 N–H and O–H groups in total. The normalized spacial score (nSPS) is 12.6. The number of rotatable bonds is 3. The monoisotopic (exact) mass is 251 g/mol. The highest BCUT2D eigenvalue weighted by molar-refractivity contribution is 7.80. The van der Waals surface area contributed by atoms with Crippen molar-refractivity contribution >= 4 is 35.8 Å². The van der Waals surface area contributed by atoms with E-state index < -0.39 is 0 Å². The van der Waals surface area contributed by atoms with Gasteiger partial charge in [-0.1, -0.05) is 23.2 Å². The van der Waals surface area contributed by atoms with Crippen LogP contribution in [0.3, 0.4) is 0 Å². The SMILES string of the molecule is COc1cc(Cl)c(C(N)CS)cc1Cl. The summed E-state index contributed by atoms with van der Waals surface area (Å²) in [5.41, 5.74) is 6.58. The van der Waals surface area contributed by atoms with Gasteiger partial charge in [0, 0.05) is 22.9 Å². The molecule has 0 spiro atoms. The van der Waals surface area contributed by atoms with Gasteiger partial charge < -0.3 is 10.5 Å². The van der Waals surface area contributed by atoms with Gasteiger partial charge in [0.25, 0.3) is 0 Å². The zero-order chi connectivity index (χ0) is 10.7. The molecule has 0 fully saturated rings. The third-order valence-electron chi connectivity index (χ3n) is 1.87. The van der Waals surface area contributed by atoms with E-state index in [-0.39, 0.29) is 6.04 Å². The largest absolute Gasteiger partial charge is 0.495 e. The Labute approximate surface area is 98.7 Å². The lowest BCUT2D eigenvalue weighted by atomic mass is 10.1. The molecule has 2 nitrogen and oxygen atoms in total. The van der Waals surface area contributed by atoms with E-state index in [1.165, 1.54) is 7.11 Å². The van der Waals surface area contributed by atoms with Gasteiger partial charge in [0.2, 0.25) is 0 Å². The molecule has 0 aliphatic rings. The van der Waals surface area contributed by atoms with E-state index in [1.807, 2.05) is 0 Å². The minimum Gasteiger partial charge on any atom is -0.495 e. The molecular weight excluding hydrogens is 241 g/mol. The van der Waals surface area contributed by atoms with Gasteiger partial charge in [-0.05, 0) is 11.6 Å². The van der Waals surface area contributed by atoms with Crippen molar-refractivity contribution in [2.24, 2.45) is 5.73 Å². The zero-order valence-electron chi connectivity index (χ0n) is 7.63. The number of hydrogen-bond donors (Lipinski definition) is 2. The predicted octanol–water partition coefficient (Wildman–Crippen LogP) is 2.93. The molecule has 5 heteroatoms. The van der Waals surface area contributed by atoms with E-state index in [4.69, 9.17) is 33.7 Å². The summed E-state index contributed by atoms with van der Waals surface area (Å²) in [5, 5.41) is 1.05. The average molecular weight is 252 g/mol. The van der Waals surface area contributed by atoms with Crippen LogP contribution in [0, 0.1) is 0 Å². The molecule has 0 radical (unpaired) electrons. The smallest absolute Gasteiger partial charge is 0.138 e. The first-order valence-electron chi connectivity index (χ1n) is 3.99. The maximum absolute atomic E-state index is 6.00. The lowest BCUT2D eigenvalue weighted by molar-refractivity contribution is 0.415. The molecule has 0 saturated heterocycles. The molecule has 1 aromatic rings. The summed E-state index contributed by atoms with van der Waals surface area (Å²) in [6, 6.07) is 3.15. The molecule has 1 rings (SSSR count). The molecule has 0 heterocycles. The highest BCUT2D eigenvalue weighted by Crippen LogP contribution is 2.33. The van der Waals surface area contributed by atoms with E-state index in [1.54, 1.807) is 12.1 Å². The molecule has 0 aliphatic heterocycles. The highest BCUT2D eigenvalue weighted by Gasteiger charge is 2.12. The molecular formula is C9H11Cl2NOS. The van der Waals surface area contributed by atoms with Crippen LogP contribution < -0.4 is 10.5 Å². The standard InChI is InChI=1S/C9H11Cl2NOS/c1-13-9-3-6(10)5(2-7(9)11)8(12)4-14/h2-3,8,14H,4,12H2,1H3. The molecule has 0 amide bonds. The Hall–Kier alpha value is -0.0900. The molecule has 0 bridgehead atoms. The minimum atomic E-state index is -0.214. The third-order valence-corrected chi connectivity index (χ3v) is 2.88. The number of methoxy groups -OCH3 is 1. The first-order valence-corrected chi connectivity index (χ1v) is 5.38. The van der Waals surface area contributed by atoms with E-state index in [2.05, 4.69) is 12.6 Å². The van der Waals surface area contributed by atoms with Crippen LogP contribution in [0.1, 0.15) is 11.6 Å². The van der Waals surface area contributed by atoms with Crippen LogP contribution in [0.5, 0.6) is 5.75 Å². The third kappa shape index (κ3) is 2.48. The van der Waals surface area contributed by atoms with Crippen molar-refractivity contribution in [1.29, 1.82) is 0 Å². The van der Waals surface area contributed by atoms with Gasteiger partial charge in [0.1, 0.15) is 5.75 Å². The number of thiol groups is 1. The maximum Gasteiger partial charge on any atom is 0.138 e. The van der Waals surface area contributed by atoms with Crippen molar-refractivity contribution in [3.8, 4) is 5.75 Å². The molecule has 78 valence electrons. The van der Waals surface area contributed by atoms with Crippen molar-refractivity contribution in [2.75, 3.05) is 12.9 Å². The Bertz CT molecular complexity index is 333. The van der Waals surface area contributed by atoms with Crippen LogP contribution in [0.2, 0.25) is 10.0 Å². The van der Waals surface area contributed by atoms with Gasteiger partial charge >= 0.3 is 0 Å².